The quantitative estimate of drug-likeness (QED) is 0.698. The second kappa shape index (κ2) is 3.28. The standard InChI is InChI=1S/C10H12NO2S/c1-14(12,13)11-8-4-6-9-5-2-3-7-10(9)11/h3,5,7H,4,6,8H2,1H3. The number of nitrogens with zero attached hydrogens (tertiary/aromatic N) is 1. The highest BCUT2D eigenvalue weighted by Gasteiger charge is 2.22. The predicted octanol–water partition coefficient (Wildman–Crippen LogP) is 1.20. The number of benzene rings is 1. The third-order valence-corrected chi connectivity index (χ3v) is 3.58. The lowest BCUT2D eigenvalue weighted by molar-refractivity contribution is 0.592. The van der Waals surface area contributed by atoms with E-state index in [-0.39, 0.29) is 0 Å². The van der Waals surface area contributed by atoms with E-state index in [1.807, 2.05) is 12.1 Å². The molecule has 0 aliphatic carbocycles. The number of fused-ring (bicyclic) bond motifs is 1. The molecule has 1 aliphatic heterocycles. The van der Waals surface area contributed by atoms with Crippen LogP contribution in [0, 0.1) is 6.07 Å². The lowest BCUT2D eigenvalue weighted by Crippen LogP contribution is -2.34. The maximum absolute atomic E-state index is 11.5. The number of hydrogen-bond donors (Lipinski definition) is 0. The average Bonchev–Trinajstić information content (AvgIpc) is 2.15. The van der Waals surface area contributed by atoms with Crippen LogP contribution in [0.25, 0.3) is 0 Å². The van der Waals surface area contributed by atoms with Crippen molar-refractivity contribution < 1.29 is 8.42 Å². The Hall–Kier alpha value is -1.03. The van der Waals surface area contributed by atoms with Crippen molar-refractivity contribution >= 4 is 15.7 Å². The van der Waals surface area contributed by atoms with Crippen LogP contribution in [-0.4, -0.2) is 21.2 Å². The van der Waals surface area contributed by atoms with E-state index in [2.05, 4.69) is 6.07 Å². The minimum atomic E-state index is -3.12. The Morgan fingerprint density at radius 1 is 1.50 bits per heavy atom. The lowest BCUT2D eigenvalue weighted by Gasteiger charge is -2.28. The minimum Gasteiger partial charge on any atom is -0.270 e. The lowest BCUT2D eigenvalue weighted by atomic mass is 10.0. The van der Waals surface area contributed by atoms with Crippen molar-refractivity contribution in [1.82, 2.24) is 0 Å². The third kappa shape index (κ3) is 1.62. The van der Waals surface area contributed by atoms with Crippen LogP contribution in [0.4, 0.5) is 5.69 Å². The minimum absolute atomic E-state index is 0.593. The molecule has 14 heavy (non-hydrogen) atoms. The van der Waals surface area contributed by atoms with Crippen LogP contribution < -0.4 is 4.31 Å². The fraction of sp³-hybridized carbons (Fsp3) is 0.400. The molecule has 1 aromatic carbocycles. The topological polar surface area (TPSA) is 37.4 Å². The maximum Gasteiger partial charge on any atom is 0.232 e. The summed E-state index contributed by atoms with van der Waals surface area (Å²) >= 11 is 0. The molecule has 1 aliphatic rings. The Labute approximate surface area is 84.4 Å². The zero-order valence-electron chi connectivity index (χ0n) is 8.03. The fourth-order valence-corrected chi connectivity index (χ4v) is 2.77. The summed E-state index contributed by atoms with van der Waals surface area (Å²) in [5, 5.41) is 0. The zero-order valence-corrected chi connectivity index (χ0v) is 8.84. The molecule has 0 unspecified atom stereocenters. The van der Waals surface area contributed by atoms with Gasteiger partial charge in [-0.05, 0) is 36.6 Å². The summed E-state index contributed by atoms with van der Waals surface area (Å²) in [6, 6.07) is 8.41. The first kappa shape index (κ1) is 9.52. The third-order valence-electron chi connectivity index (χ3n) is 2.40. The molecule has 1 heterocycles. The molecule has 0 atom stereocenters. The van der Waals surface area contributed by atoms with E-state index in [9.17, 15) is 8.42 Å². The van der Waals surface area contributed by atoms with Gasteiger partial charge in [-0.15, -0.1) is 0 Å². The largest absolute Gasteiger partial charge is 0.270 e. The van der Waals surface area contributed by atoms with Crippen molar-refractivity contribution in [3.63, 3.8) is 0 Å². The van der Waals surface area contributed by atoms with Crippen LogP contribution >= 0.6 is 0 Å². The first-order valence-corrected chi connectivity index (χ1v) is 6.40. The van der Waals surface area contributed by atoms with E-state index >= 15 is 0 Å². The second-order valence-corrected chi connectivity index (χ2v) is 5.40. The highest BCUT2D eigenvalue weighted by atomic mass is 32.2. The summed E-state index contributed by atoms with van der Waals surface area (Å²) in [5.41, 5.74) is 1.89. The highest BCUT2D eigenvalue weighted by molar-refractivity contribution is 7.92. The van der Waals surface area contributed by atoms with Crippen molar-refractivity contribution in [3.8, 4) is 0 Å². The van der Waals surface area contributed by atoms with Gasteiger partial charge >= 0.3 is 0 Å². The summed E-state index contributed by atoms with van der Waals surface area (Å²) < 4.78 is 24.4. The van der Waals surface area contributed by atoms with E-state index in [0.717, 1.165) is 24.1 Å². The smallest absolute Gasteiger partial charge is 0.232 e. The molecule has 0 saturated heterocycles. The van der Waals surface area contributed by atoms with Crippen LogP contribution in [0.2, 0.25) is 0 Å². The molecular weight excluding hydrogens is 198 g/mol. The van der Waals surface area contributed by atoms with Crippen LogP contribution in [0.1, 0.15) is 12.0 Å². The monoisotopic (exact) mass is 210 g/mol. The Balaban J connectivity index is 2.51. The normalized spacial score (nSPS) is 16.5. The Kier molecular flexibility index (Phi) is 2.23. The molecule has 0 bridgehead atoms. The maximum atomic E-state index is 11.5. The second-order valence-electron chi connectivity index (χ2n) is 3.49. The van der Waals surface area contributed by atoms with E-state index in [4.69, 9.17) is 0 Å². The fourth-order valence-electron chi connectivity index (χ4n) is 1.78. The van der Waals surface area contributed by atoms with Gasteiger partial charge in [-0.2, -0.15) is 0 Å². The molecule has 0 spiro atoms. The van der Waals surface area contributed by atoms with Crippen molar-refractivity contribution in [2.24, 2.45) is 0 Å². The van der Waals surface area contributed by atoms with Gasteiger partial charge in [0.15, 0.2) is 0 Å². The van der Waals surface area contributed by atoms with Crippen LogP contribution in [0.3, 0.4) is 0 Å². The Morgan fingerprint density at radius 2 is 2.29 bits per heavy atom. The molecule has 0 amide bonds. The number of sulfonamides is 1. The summed E-state index contributed by atoms with van der Waals surface area (Å²) in [7, 11) is -3.12. The zero-order chi connectivity index (χ0) is 10.2. The molecule has 1 radical (unpaired) electrons. The molecule has 75 valence electrons. The van der Waals surface area contributed by atoms with Crippen molar-refractivity contribution in [2.75, 3.05) is 17.1 Å². The average molecular weight is 210 g/mol. The van der Waals surface area contributed by atoms with Gasteiger partial charge in [0, 0.05) is 6.54 Å². The molecule has 3 nitrogen and oxygen atoms in total. The van der Waals surface area contributed by atoms with Gasteiger partial charge in [0.1, 0.15) is 0 Å². The van der Waals surface area contributed by atoms with Crippen molar-refractivity contribution in [3.05, 3.63) is 29.8 Å². The van der Waals surface area contributed by atoms with Crippen LogP contribution in [-0.2, 0) is 16.4 Å². The van der Waals surface area contributed by atoms with Gasteiger partial charge in [-0.25, -0.2) is 8.42 Å². The van der Waals surface area contributed by atoms with Crippen LogP contribution in [0.15, 0.2) is 18.2 Å². The Morgan fingerprint density at radius 3 is 3.00 bits per heavy atom. The van der Waals surface area contributed by atoms with Gasteiger partial charge < -0.3 is 0 Å². The molecule has 0 N–H and O–H groups in total. The molecular formula is C10H12NO2S. The van der Waals surface area contributed by atoms with Gasteiger partial charge in [-0.3, -0.25) is 4.31 Å². The molecule has 2 rings (SSSR count). The number of hydrogen-bond acceptors (Lipinski definition) is 2. The molecule has 1 aromatic rings. The van der Waals surface area contributed by atoms with Gasteiger partial charge in [0.2, 0.25) is 10.0 Å². The van der Waals surface area contributed by atoms with Gasteiger partial charge in [0.05, 0.1) is 11.9 Å². The van der Waals surface area contributed by atoms with Crippen molar-refractivity contribution in [1.29, 1.82) is 0 Å². The molecule has 0 fully saturated rings. The first-order chi connectivity index (χ1) is 6.59. The van der Waals surface area contributed by atoms with Crippen LogP contribution in [0.5, 0.6) is 0 Å². The SMILES string of the molecule is CS(=O)(=O)N1CCCc2c[c]ccc21. The summed E-state index contributed by atoms with van der Waals surface area (Å²) in [4.78, 5) is 0. The highest BCUT2D eigenvalue weighted by Crippen LogP contribution is 2.28. The Bertz CT molecular complexity index is 439. The van der Waals surface area contributed by atoms with Gasteiger partial charge in [-0.1, -0.05) is 6.07 Å². The van der Waals surface area contributed by atoms with E-state index in [1.165, 1.54) is 10.6 Å². The molecule has 0 aromatic heterocycles. The molecule has 4 heteroatoms. The molecule has 0 saturated carbocycles. The van der Waals surface area contributed by atoms with E-state index in [1.54, 1.807) is 6.07 Å². The predicted molar refractivity (Wildman–Crippen MR) is 55.8 cm³/mol. The van der Waals surface area contributed by atoms with Gasteiger partial charge in [0.25, 0.3) is 0 Å². The van der Waals surface area contributed by atoms with E-state index < -0.39 is 10.0 Å². The summed E-state index contributed by atoms with van der Waals surface area (Å²) in [6.07, 6.45) is 3.08. The van der Waals surface area contributed by atoms with E-state index in [0.29, 0.717) is 6.54 Å². The number of rotatable bonds is 1. The summed E-state index contributed by atoms with van der Waals surface area (Å²) in [6.45, 7) is 0.593. The number of anilines is 1. The number of aryl methyl sites for hydroxylation is 1. The first-order valence-electron chi connectivity index (χ1n) is 4.56. The van der Waals surface area contributed by atoms with Crippen molar-refractivity contribution in [2.45, 2.75) is 12.8 Å². The summed E-state index contributed by atoms with van der Waals surface area (Å²) in [5.74, 6) is 0.